The van der Waals surface area contributed by atoms with E-state index in [1.165, 1.54) is 56.1 Å². The van der Waals surface area contributed by atoms with Crippen molar-refractivity contribution in [2.45, 2.75) is 76.4 Å². The van der Waals surface area contributed by atoms with E-state index in [4.69, 9.17) is 10.6 Å². The van der Waals surface area contributed by atoms with Crippen LogP contribution >= 0.6 is 0 Å². The maximum absolute atomic E-state index is 6.36. The van der Waals surface area contributed by atoms with Crippen LogP contribution in [0.1, 0.15) is 63.4 Å². The first-order valence-electron chi connectivity index (χ1n) is 9.52. The van der Waals surface area contributed by atoms with Gasteiger partial charge in [-0.3, -0.25) is 0 Å². The van der Waals surface area contributed by atoms with Crippen molar-refractivity contribution in [2.75, 3.05) is 0 Å². The second-order valence-electron chi connectivity index (χ2n) is 7.09. The Kier molecular flexibility index (Phi) is 6.56. The van der Waals surface area contributed by atoms with Crippen LogP contribution in [0.5, 0.6) is 0 Å². The molecule has 0 heterocycles. The average Bonchev–Trinajstić information content (AvgIpc) is 2.63. The molecule has 2 saturated carbocycles. The number of nitrogens with one attached hydrogen (secondary N) is 2. The summed E-state index contributed by atoms with van der Waals surface area (Å²) in [6.07, 6.45) is 11.0. The lowest BCUT2D eigenvalue weighted by Crippen LogP contribution is -2.38. The van der Waals surface area contributed by atoms with Crippen molar-refractivity contribution >= 4 is 0 Å². The molecule has 1 unspecified atom stereocenters. The molecule has 4 N–H and O–H groups in total. The number of rotatable bonds is 6. The van der Waals surface area contributed by atoms with E-state index in [0.717, 1.165) is 18.7 Å². The molecule has 1 aromatic rings. The minimum atomic E-state index is 0.128. The molecule has 0 bridgehead atoms. The van der Waals surface area contributed by atoms with Crippen molar-refractivity contribution in [1.82, 2.24) is 10.8 Å². The molecule has 2 fully saturated rings. The normalized spacial score (nSPS) is 24.5. The molecule has 3 rings (SSSR count). The lowest BCUT2D eigenvalue weighted by Gasteiger charge is -2.29. The summed E-state index contributed by atoms with van der Waals surface area (Å²) in [5.41, 5.74) is 12.0. The van der Waals surface area contributed by atoms with Gasteiger partial charge in [-0.25, -0.2) is 0 Å². The Hall–Kier alpha value is -1.52. The summed E-state index contributed by atoms with van der Waals surface area (Å²) in [7, 11) is 0. The molecule has 2 aliphatic carbocycles. The van der Waals surface area contributed by atoms with E-state index < -0.39 is 0 Å². The lowest BCUT2D eigenvalue weighted by atomic mass is 9.90. The van der Waals surface area contributed by atoms with Crippen LogP contribution in [-0.4, -0.2) is 12.1 Å². The van der Waals surface area contributed by atoms with Gasteiger partial charge in [0.25, 0.3) is 0 Å². The minimum absolute atomic E-state index is 0.128. The smallest absolute Gasteiger partial charge is 0.212 e. The van der Waals surface area contributed by atoms with E-state index in [1.54, 1.807) is 0 Å². The zero-order chi connectivity index (χ0) is 16.6. The third-order valence-electron chi connectivity index (χ3n) is 5.18. The molecule has 0 aromatic heterocycles. The molecule has 0 spiro atoms. The van der Waals surface area contributed by atoms with E-state index in [0.29, 0.717) is 12.6 Å². The summed E-state index contributed by atoms with van der Waals surface area (Å²) >= 11 is 0. The monoisotopic (exact) mass is 329 g/mol. The van der Waals surface area contributed by atoms with Gasteiger partial charge in [0.2, 0.25) is 5.88 Å². The van der Waals surface area contributed by atoms with Gasteiger partial charge in [0.05, 0.1) is 6.54 Å². The van der Waals surface area contributed by atoms with Crippen molar-refractivity contribution < 1.29 is 4.84 Å². The Morgan fingerprint density at radius 2 is 1.75 bits per heavy atom. The zero-order valence-corrected chi connectivity index (χ0v) is 14.6. The van der Waals surface area contributed by atoms with Crippen LogP contribution in [0.15, 0.2) is 41.8 Å². The predicted octanol–water partition coefficient (Wildman–Crippen LogP) is 3.74. The fourth-order valence-corrected chi connectivity index (χ4v) is 3.73. The summed E-state index contributed by atoms with van der Waals surface area (Å²) in [5, 5.41) is 3.66. The average molecular weight is 329 g/mol. The molecule has 4 heteroatoms. The van der Waals surface area contributed by atoms with Crippen LogP contribution in [0.25, 0.3) is 0 Å². The summed E-state index contributed by atoms with van der Waals surface area (Å²) in [6, 6.07) is 11.0. The molecule has 0 amide bonds. The topological polar surface area (TPSA) is 59.3 Å². The first kappa shape index (κ1) is 17.3. The first-order valence-corrected chi connectivity index (χ1v) is 9.52. The summed E-state index contributed by atoms with van der Waals surface area (Å²) in [5.74, 6) is 0.894. The van der Waals surface area contributed by atoms with Crippen molar-refractivity contribution in [3.63, 3.8) is 0 Å². The maximum atomic E-state index is 6.36. The Labute approximate surface area is 145 Å². The maximum Gasteiger partial charge on any atom is 0.212 e. The Balaban J connectivity index is 1.63. The number of hydrogen-bond donors (Lipinski definition) is 3. The number of hydroxylamine groups is 1. The van der Waals surface area contributed by atoms with Crippen LogP contribution in [0.2, 0.25) is 0 Å². The summed E-state index contributed by atoms with van der Waals surface area (Å²) in [6.45, 7) is 0.694. The van der Waals surface area contributed by atoms with Gasteiger partial charge in [0.1, 0.15) is 0 Å². The highest BCUT2D eigenvalue weighted by Gasteiger charge is 2.23. The highest BCUT2D eigenvalue weighted by Crippen LogP contribution is 2.26. The SMILES string of the molecule is NC1CCCCC1=C(NC1CCCCC1)ONCc1ccccc1. The van der Waals surface area contributed by atoms with Gasteiger partial charge < -0.3 is 15.9 Å². The Bertz CT molecular complexity index is 523. The standard InChI is InChI=1S/C20H31N3O/c21-19-14-8-7-13-18(19)20(23-17-11-5-2-6-12-17)24-22-15-16-9-3-1-4-10-16/h1,3-4,9-10,17,19,22-23H,2,5-8,11-15,21H2. The second-order valence-corrected chi connectivity index (χ2v) is 7.09. The van der Waals surface area contributed by atoms with Gasteiger partial charge in [0, 0.05) is 17.7 Å². The molecule has 0 aliphatic heterocycles. The fourth-order valence-electron chi connectivity index (χ4n) is 3.73. The van der Waals surface area contributed by atoms with E-state index >= 15 is 0 Å². The van der Waals surface area contributed by atoms with Gasteiger partial charge in [0.15, 0.2) is 0 Å². The Morgan fingerprint density at radius 3 is 2.50 bits per heavy atom. The van der Waals surface area contributed by atoms with Crippen molar-refractivity contribution in [3.8, 4) is 0 Å². The highest BCUT2D eigenvalue weighted by atomic mass is 16.7. The van der Waals surface area contributed by atoms with Gasteiger partial charge in [-0.05, 0) is 37.7 Å². The third kappa shape index (κ3) is 4.99. The molecular weight excluding hydrogens is 298 g/mol. The van der Waals surface area contributed by atoms with Gasteiger partial charge in [-0.15, -0.1) is 0 Å². The van der Waals surface area contributed by atoms with Crippen LogP contribution in [0.4, 0.5) is 0 Å². The number of hydrogen-bond acceptors (Lipinski definition) is 4. The van der Waals surface area contributed by atoms with Crippen LogP contribution in [-0.2, 0) is 11.4 Å². The van der Waals surface area contributed by atoms with Gasteiger partial charge in [-0.1, -0.05) is 56.0 Å². The number of benzene rings is 1. The third-order valence-corrected chi connectivity index (χ3v) is 5.18. The quantitative estimate of drug-likeness (QED) is 0.549. The van der Waals surface area contributed by atoms with E-state index in [1.807, 2.05) is 18.2 Å². The second kappa shape index (κ2) is 9.09. The molecule has 132 valence electrons. The summed E-state index contributed by atoms with van der Waals surface area (Å²) < 4.78 is 0. The van der Waals surface area contributed by atoms with Gasteiger partial charge >= 0.3 is 0 Å². The Morgan fingerprint density at radius 1 is 1.00 bits per heavy atom. The van der Waals surface area contributed by atoms with Gasteiger partial charge in [-0.2, -0.15) is 5.48 Å². The number of nitrogens with two attached hydrogens (primary N) is 1. The molecule has 0 radical (unpaired) electrons. The minimum Gasteiger partial charge on any atom is -0.390 e. The molecular formula is C20H31N3O. The molecule has 4 nitrogen and oxygen atoms in total. The van der Waals surface area contributed by atoms with Crippen LogP contribution in [0.3, 0.4) is 0 Å². The highest BCUT2D eigenvalue weighted by molar-refractivity contribution is 5.17. The zero-order valence-electron chi connectivity index (χ0n) is 14.6. The van der Waals surface area contributed by atoms with Crippen LogP contribution < -0.4 is 16.5 Å². The van der Waals surface area contributed by atoms with Crippen molar-refractivity contribution in [3.05, 3.63) is 47.4 Å². The summed E-state index contributed by atoms with van der Waals surface area (Å²) in [4.78, 5) is 6.00. The van der Waals surface area contributed by atoms with Crippen molar-refractivity contribution in [1.29, 1.82) is 0 Å². The van der Waals surface area contributed by atoms with E-state index in [-0.39, 0.29) is 6.04 Å². The van der Waals surface area contributed by atoms with Crippen LogP contribution in [0, 0.1) is 0 Å². The van der Waals surface area contributed by atoms with Crippen molar-refractivity contribution in [2.24, 2.45) is 5.73 Å². The largest absolute Gasteiger partial charge is 0.390 e. The predicted molar refractivity (Wildman–Crippen MR) is 97.8 cm³/mol. The molecule has 1 aromatic carbocycles. The first-order chi connectivity index (χ1) is 11.8. The van der Waals surface area contributed by atoms with E-state index in [2.05, 4.69) is 22.9 Å². The molecule has 1 atom stereocenters. The lowest BCUT2D eigenvalue weighted by molar-refractivity contribution is 0.0735. The fraction of sp³-hybridized carbons (Fsp3) is 0.600. The molecule has 24 heavy (non-hydrogen) atoms. The molecule has 0 saturated heterocycles. The van der Waals surface area contributed by atoms with E-state index in [9.17, 15) is 0 Å². The molecule has 2 aliphatic rings.